The molecule has 0 aromatic heterocycles. The number of halogens is 3. The summed E-state index contributed by atoms with van der Waals surface area (Å²) in [6.07, 6.45) is 3.25. The molecule has 0 N–H and O–H groups in total. The van der Waals surface area contributed by atoms with Gasteiger partial charge in [0.05, 0.1) is 17.7 Å². The van der Waals surface area contributed by atoms with Crippen LogP contribution in [-0.4, -0.2) is 49.0 Å². The molecule has 0 atom stereocenters. The van der Waals surface area contributed by atoms with Crippen LogP contribution in [0.5, 0.6) is 0 Å². The van der Waals surface area contributed by atoms with E-state index in [-0.39, 0.29) is 5.92 Å². The van der Waals surface area contributed by atoms with Gasteiger partial charge in [-0.25, -0.2) is 0 Å². The maximum Gasteiger partial charge on any atom is 0.494 e. The van der Waals surface area contributed by atoms with E-state index in [0.29, 0.717) is 13.1 Å². The Bertz CT molecular complexity index is 587. The summed E-state index contributed by atoms with van der Waals surface area (Å²) in [5.41, 5.74) is 1.04. The molecular formula is C20H31BF3NO2. The Balaban J connectivity index is 1.91. The average molecular weight is 385 g/mol. The first-order valence-electron chi connectivity index (χ1n) is 9.52. The van der Waals surface area contributed by atoms with Crippen LogP contribution in [0.15, 0.2) is 35.9 Å². The Morgan fingerprint density at radius 1 is 1.11 bits per heavy atom. The molecule has 0 amide bonds. The Morgan fingerprint density at radius 2 is 1.63 bits per heavy atom. The van der Waals surface area contributed by atoms with Crippen LogP contribution in [0.2, 0.25) is 0 Å². The number of nitrogens with zero attached hydrogens (tertiary/aromatic N) is 1. The van der Waals surface area contributed by atoms with Crippen LogP contribution in [0, 0.1) is 5.92 Å². The van der Waals surface area contributed by atoms with E-state index >= 15 is 0 Å². The molecule has 0 aromatic carbocycles. The molecule has 0 radical (unpaired) electrons. The van der Waals surface area contributed by atoms with Crippen molar-refractivity contribution in [2.45, 2.75) is 64.8 Å². The second-order valence-electron chi connectivity index (χ2n) is 8.45. The van der Waals surface area contributed by atoms with Crippen molar-refractivity contribution < 1.29 is 22.5 Å². The van der Waals surface area contributed by atoms with Crippen molar-refractivity contribution in [2.24, 2.45) is 5.92 Å². The number of allylic oxidation sites excluding steroid dienone is 5. The number of hydrogen-bond donors (Lipinski definition) is 0. The van der Waals surface area contributed by atoms with Gasteiger partial charge in [0.25, 0.3) is 0 Å². The van der Waals surface area contributed by atoms with E-state index in [1.54, 1.807) is 0 Å². The highest BCUT2D eigenvalue weighted by atomic mass is 19.4. The van der Waals surface area contributed by atoms with E-state index in [0.717, 1.165) is 23.9 Å². The van der Waals surface area contributed by atoms with E-state index in [9.17, 15) is 13.2 Å². The Hall–Kier alpha value is -1.05. The Kier molecular flexibility index (Phi) is 6.70. The van der Waals surface area contributed by atoms with Crippen molar-refractivity contribution in [1.82, 2.24) is 4.90 Å². The highest BCUT2D eigenvalue weighted by Crippen LogP contribution is 2.38. The lowest BCUT2D eigenvalue weighted by atomic mass is 9.78. The normalized spacial score (nSPS) is 24.7. The zero-order valence-electron chi connectivity index (χ0n) is 17.0. The fourth-order valence-corrected chi connectivity index (χ4v) is 3.42. The lowest BCUT2D eigenvalue weighted by Crippen LogP contribution is -2.41. The predicted molar refractivity (Wildman–Crippen MR) is 103 cm³/mol. The van der Waals surface area contributed by atoms with Gasteiger partial charge in [-0.2, -0.15) is 13.2 Å². The monoisotopic (exact) mass is 385 g/mol. The van der Waals surface area contributed by atoms with Crippen molar-refractivity contribution in [3.63, 3.8) is 0 Å². The zero-order valence-corrected chi connectivity index (χ0v) is 17.0. The molecule has 0 unspecified atom stereocenters. The van der Waals surface area contributed by atoms with Crippen LogP contribution >= 0.6 is 0 Å². The minimum Gasteiger partial charge on any atom is -0.399 e. The molecule has 152 valence electrons. The molecule has 2 heterocycles. The molecule has 2 aliphatic rings. The van der Waals surface area contributed by atoms with Crippen molar-refractivity contribution in [1.29, 1.82) is 0 Å². The summed E-state index contributed by atoms with van der Waals surface area (Å²) in [5, 5.41) is 0. The van der Waals surface area contributed by atoms with E-state index < -0.39 is 31.0 Å². The van der Waals surface area contributed by atoms with E-state index in [4.69, 9.17) is 9.31 Å². The molecule has 0 aromatic rings. The van der Waals surface area contributed by atoms with Gasteiger partial charge in [-0.05, 0) is 77.5 Å². The summed E-state index contributed by atoms with van der Waals surface area (Å²) < 4.78 is 49.6. The second-order valence-corrected chi connectivity index (χ2v) is 8.45. The maximum absolute atomic E-state index is 12.5. The smallest absolute Gasteiger partial charge is 0.399 e. The highest BCUT2D eigenvalue weighted by Gasteiger charge is 2.51. The van der Waals surface area contributed by atoms with Gasteiger partial charge in [0.15, 0.2) is 0 Å². The van der Waals surface area contributed by atoms with Crippen molar-refractivity contribution >= 4 is 7.12 Å². The van der Waals surface area contributed by atoms with Crippen molar-refractivity contribution in [3.8, 4) is 0 Å². The minimum atomic E-state index is -4.13. The molecule has 0 saturated carbocycles. The van der Waals surface area contributed by atoms with Crippen LogP contribution in [0.3, 0.4) is 0 Å². The SMILES string of the molecule is C=C(C=CC(=CC)C1CCN(CC(F)(F)F)CC1)B1OC(C)(C)C(C)(C)O1. The van der Waals surface area contributed by atoms with Crippen LogP contribution < -0.4 is 0 Å². The average Bonchev–Trinajstić information content (AvgIpc) is 2.76. The maximum atomic E-state index is 12.5. The van der Waals surface area contributed by atoms with Crippen LogP contribution in [-0.2, 0) is 9.31 Å². The van der Waals surface area contributed by atoms with E-state index in [1.807, 2.05) is 52.8 Å². The Morgan fingerprint density at radius 3 is 2.07 bits per heavy atom. The quantitative estimate of drug-likeness (QED) is 0.494. The summed E-state index contributed by atoms with van der Waals surface area (Å²) in [4.78, 5) is 1.48. The fourth-order valence-electron chi connectivity index (χ4n) is 3.42. The molecule has 2 saturated heterocycles. The third-order valence-electron chi connectivity index (χ3n) is 5.84. The molecule has 2 fully saturated rings. The molecule has 0 bridgehead atoms. The third-order valence-corrected chi connectivity index (χ3v) is 5.84. The summed E-state index contributed by atoms with van der Waals surface area (Å²) in [7, 11) is -0.488. The molecule has 2 rings (SSSR count). The minimum absolute atomic E-state index is 0.266. The first kappa shape index (κ1) is 22.2. The number of piperidine rings is 1. The zero-order chi connectivity index (χ0) is 20.5. The summed E-state index contributed by atoms with van der Waals surface area (Å²) in [6, 6.07) is 0. The summed E-state index contributed by atoms with van der Waals surface area (Å²) >= 11 is 0. The van der Waals surface area contributed by atoms with Crippen molar-refractivity contribution in [3.05, 3.63) is 35.9 Å². The van der Waals surface area contributed by atoms with Gasteiger partial charge in [-0.1, -0.05) is 24.8 Å². The van der Waals surface area contributed by atoms with Gasteiger partial charge in [-0.15, -0.1) is 0 Å². The highest BCUT2D eigenvalue weighted by molar-refractivity contribution is 6.55. The number of hydrogen-bond acceptors (Lipinski definition) is 3. The van der Waals surface area contributed by atoms with Gasteiger partial charge in [0, 0.05) is 0 Å². The van der Waals surface area contributed by atoms with Gasteiger partial charge in [0.2, 0.25) is 0 Å². The van der Waals surface area contributed by atoms with Crippen molar-refractivity contribution in [2.75, 3.05) is 19.6 Å². The van der Waals surface area contributed by atoms with Crippen LogP contribution in [0.1, 0.15) is 47.5 Å². The molecule has 0 spiro atoms. The van der Waals surface area contributed by atoms with Crippen LogP contribution in [0.4, 0.5) is 13.2 Å². The van der Waals surface area contributed by atoms with Gasteiger partial charge in [0.1, 0.15) is 0 Å². The van der Waals surface area contributed by atoms with Gasteiger partial charge >= 0.3 is 13.3 Å². The third kappa shape index (κ3) is 5.72. The first-order chi connectivity index (χ1) is 12.3. The summed E-state index contributed by atoms with van der Waals surface area (Å²) in [5.74, 6) is 0.266. The number of rotatable bonds is 5. The predicted octanol–water partition coefficient (Wildman–Crippen LogP) is 4.95. The van der Waals surface area contributed by atoms with E-state index in [1.165, 1.54) is 4.90 Å². The van der Waals surface area contributed by atoms with Crippen LogP contribution in [0.25, 0.3) is 0 Å². The van der Waals surface area contributed by atoms with E-state index in [2.05, 4.69) is 6.58 Å². The molecular weight excluding hydrogens is 354 g/mol. The fraction of sp³-hybridized carbons (Fsp3) is 0.700. The number of alkyl halides is 3. The molecule has 3 nitrogen and oxygen atoms in total. The molecule has 2 aliphatic heterocycles. The topological polar surface area (TPSA) is 21.7 Å². The summed E-state index contributed by atoms with van der Waals surface area (Å²) in [6.45, 7) is 14.1. The van der Waals surface area contributed by atoms with Gasteiger partial charge in [-0.3, -0.25) is 4.90 Å². The molecule has 0 aliphatic carbocycles. The lowest BCUT2D eigenvalue weighted by Gasteiger charge is -2.33. The Labute approximate surface area is 161 Å². The lowest BCUT2D eigenvalue weighted by molar-refractivity contribution is -0.148. The number of likely N-dealkylation sites (tertiary alicyclic amines) is 1. The van der Waals surface area contributed by atoms with Gasteiger partial charge < -0.3 is 9.31 Å². The molecule has 27 heavy (non-hydrogen) atoms. The largest absolute Gasteiger partial charge is 0.494 e. The standard InChI is InChI=1S/C20H31BF3NO2/c1-7-16(17-10-12-25(13-11-17)14-20(22,23)24)9-8-15(2)21-26-18(3,4)19(5,6)27-21/h7-9,17H,2,10-14H2,1,3-6H3. The second kappa shape index (κ2) is 8.14. The first-order valence-corrected chi connectivity index (χ1v) is 9.52. The molecule has 7 heteroatoms.